The number of nitrogens with zero attached hydrogens (tertiary/aromatic N) is 2. The van der Waals surface area contributed by atoms with Crippen LogP contribution in [0.15, 0.2) is 36.5 Å². The van der Waals surface area contributed by atoms with Crippen molar-refractivity contribution in [3.05, 3.63) is 59.2 Å². The molecule has 0 spiro atoms. The lowest BCUT2D eigenvalue weighted by Crippen LogP contribution is -2.00. The van der Waals surface area contributed by atoms with Crippen LogP contribution < -0.4 is 4.74 Å². The van der Waals surface area contributed by atoms with E-state index in [9.17, 15) is 9.18 Å². The van der Waals surface area contributed by atoms with Crippen molar-refractivity contribution < 1.29 is 13.9 Å². The number of hydrogen-bond acceptors (Lipinski definition) is 4. The van der Waals surface area contributed by atoms with Crippen LogP contribution in [-0.2, 0) is 6.61 Å². The Kier molecular flexibility index (Phi) is 3.84. The molecular formula is C14H9FN2O2. The SMILES string of the molecule is N#Cc1cccc(COc2ccc(C=O)nc2)c1F. The first-order valence-corrected chi connectivity index (χ1v) is 5.46. The maximum atomic E-state index is 13.7. The quantitative estimate of drug-likeness (QED) is 0.788. The van der Waals surface area contributed by atoms with Gasteiger partial charge in [-0.25, -0.2) is 9.37 Å². The van der Waals surface area contributed by atoms with Crippen molar-refractivity contribution in [2.45, 2.75) is 6.61 Å². The Morgan fingerprint density at radius 1 is 1.37 bits per heavy atom. The smallest absolute Gasteiger partial charge is 0.168 e. The zero-order valence-electron chi connectivity index (χ0n) is 9.84. The number of halogens is 1. The molecule has 1 aromatic carbocycles. The van der Waals surface area contributed by atoms with Gasteiger partial charge in [-0.15, -0.1) is 0 Å². The lowest BCUT2D eigenvalue weighted by Gasteiger charge is -2.07. The number of benzene rings is 1. The van der Waals surface area contributed by atoms with Gasteiger partial charge in [-0.3, -0.25) is 4.79 Å². The van der Waals surface area contributed by atoms with Gasteiger partial charge in [0.15, 0.2) is 6.29 Å². The van der Waals surface area contributed by atoms with E-state index >= 15 is 0 Å². The Morgan fingerprint density at radius 2 is 2.21 bits per heavy atom. The summed E-state index contributed by atoms with van der Waals surface area (Å²) in [5.74, 6) is -0.158. The first kappa shape index (κ1) is 12.7. The Hall–Kier alpha value is -2.74. The molecule has 0 atom stereocenters. The van der Waals surface area contributed by atoms with Gasteiger partial charge in [-0.05, 0) is 18.2 Å². The molecule has 0 saturated heterocycles. The molecular weight excluding hydrogens is 247 g/mol. The summed E-state index contributed by atoms with van der Waals surface area (Å²) in [5, 5.41) is 8.71. The molecule has 0 fully saturated rings. The zero-order valence-corrected chi connectivity index (χ0v) is 9.84. The van der Waals surface area contributed by atoms with Gasteiger partial charge in [0.25, 0.3) is 0 Å². The lowest BCUT2D eigenvalue weighted by molar-refractivity contribution is 0.111. The summed E-state index contributed by atoms with van der Waals surface area (Å²) in [6.45, 7) is -0.0104. The molecule has 0 N–H and O–H groups in total. The number of ether oxygens (including phenoxy) is 1. The van der Waals surface area contributed by atoms with Crippen LogP contribution in [0.1, 0.15) is 21.6 Å². The lowest BCUT2D eigenvalue weighted by atomic mass is 10.1. The third-order valence-corrected chi connectivity index (χ3v) is 2.47. The monoisotopic (exact) mass is 256 g/mol. The second-order valence-corrected chi connectivity index (χ2v) is 3.72. The molecule has 2 rings (SSSR count). The van der Waals surface area contributed by atoms with E-state index in [-0.39, 0.29) is 12.2 Å². The number of rotatable bonds is 4. The average molecular weight is 256 g/mol. The topological polar surface area (TPSA) is 63.0 Å². The Morgan fingerprint density at radius 3 is 2.84 bits per heavy atom. The Bertz CT molecular complexity index is 633. The van der Waals surface area contributed by atoms with Crippen molar-refractivity contribution in [2.24, 2.45) is 0 Å². The molecule has 0 bridgehead atoms. The highest BCUT2D eigenvalue weighted by Gasteiger charge is 2.08. The van der Waals surface area contributed by atoms with Crippen LogP contribution >= 0.6 is 0 Å². The fraction of sp³-hybridized carbons (Fsp3) is 0.0714. The average Bonchev–Trinajstić information content (AvgIpc) is 2.47. The van der Waals surface area contributed by atoms with E-state index < -0.39 is 5.82 Å². The summed E-state index contributed by atoms with van der Waals surface area (Å²) >= 11 is 0. The summed E-state index contributed by atoms with van der Waals surface area (Å²) in [7, 11) is 0. The highest BCUT2D eigenvalue weighted by molar-refractivity contribution is 5.71. The second kappa shape index (κ2) is 5.74. The van der Waals surface area contributed by atoms with Gasteiger partial charge in [-0.2, -0.15) is 5.26 Å². The zero-order chi connectivity index (χ0) is 13.7. The summed E-state index contributed by atoms with van der Waals surface area (Å²) in [4.78, 5) is 14.3. The Balaban J connectivity index is 2.10. The van der Waals surface area contributed by atoms with Crippen LogP contribution in [0.2, 0.25) is 0 Å². The van der Waals surface area contributed by atoms with Gasteiger partial charge >= 0.3 is 0 Å². The van der Waals surface area contributed by atoms with Gasteiger partial charge in [0.2, 0.25) is 0 Å². The number of aldehydes is 1. The van der Waals surface area contributed by atoms with Crippen LogP contribution in [0, 0.1) is 17.1 Å². The van der Waals surface area contributed by atoms with Gasteiger partial charge in [0, 0.05) is 5.56 Å². The van der Waals surface area contributed by atoms with Crippen LogP contribution in [0.5, 0.6) is 5.75 Å². The predicted octanol–water partition coefficient (Wildman–Crippen LogP) is 2.48. The van der Waals surface area contributed by atoms with E-state index in [1.807, 2.05) is 0 Å². The second-order valence-electron chi connectivity index (χ2n) is 3.72. The number of hydrogen-bond donors (Lipinski definition) is 0. The van der Waals surface area contributed by atoms with Gasteiger partial charge < -0.3 is 4.74 Å². The molecule has 1 aromatic heterocycles. The van der Waals surface area contributed by atoms with E-state index in [1.54, 1.807) is 24.3 Å². The molecule has 0 saturated carbocycles. The van der Waals surface area contributed by atoms with Crippen LogP contribution in [0.25, 0.3) is 0 Å². The molecule has 0 aliphatic heterocycles. The Labute approximate surface area is 109 Å². The molecule has 5 heteroatoms. The third kappa shape index (κ3) is 2.93. The standard InChI is InChI=1S/C14H9FN2O2/c15-14-10(6-16)2-1-3-11(14)9-19-13-5-4-12(8-18)17-7-13/h1-5,7-8H,9H2. The largest absolute Gasteiger partial charge is 0.487 e. The van der Waals surface area contributed by atoms with E-state index in [4.69, 9.17) is 10.00 Å². The summed E-state index contributed by atoms with van der Waals surface area (Å²) < 4.78 is 19.1. The van der Waals surface area contributed by atoms with E-state index in [0.717, 1.165) is 0 Å². The number of nitriles is 1. The molecule has 0 aliphatic rings. The number of pyridine rings is 1. The molecule has 0 radical (unpaired) electrons. The number of carbonyl (C=O) groups excluding carboxylic acids is 1. The fourth-order valence-electron chi connectivity index (χ4n) is 1.49. The molecule has 1 heterocycles. The van der Waals surface area contributed by atoms with Gasteiger partial charge in [0.05, 0.1) is 11.8 Å². The van der Waals surface area contributed by atoms with E-state index in [1.165, 1.54) is 18.3 Å². The molecule has 0 aliphatic carbocycles. The van der Waals surface area contributed by atoms with Crippen LogP contribution in [0.4, 0.5) is 4.39 Å². The van der Waals surface area contributed by atoms with E-state index in [0.29, 0.717) is 23.3 Å². The molecule has 19 heavy (non-hydrogen) atoms. The maximum Gasteiger partial charge on any atom is 0.168 e. The predicted molar refractivity (Wildman–Crippen MR) is 65.1 cm³/mol. The normalized spacial score (nSPS) is 9.68. The van der Waals surface area contributed by atoms with Crippen molar-refractivity contribution in [3.63, 3.8) is 0 Å². The third-order valence-electron chi connectivity index (χ3n) is 2.47. The molecule has 0 amide bonds. The summed E-state index contributed by atoms with van der Waals surface area (Å²) in [6.07, 6.45) is 2.01. The molecule has 94 valence electrons. The minimum absolute atomic E-state index is 0.0104. The van der Waals surface area contributed by atoms with E-state index in [2.05, 4.69) is 4.98 Å². The van der Waals surface area contributed by atoms with Crippen molar-refractivity contribution in [3.8, 4) is 11.8 Å². The summed E-state index contributed by atoms with van der Waals surface area (Å²) in [5.41, 5.74) is 0.569. The van der Waals surface area contributed by atoms with Gasteiger partial charge in [0.1, 0.15) is 29.9 Å². The fourth-order valence-corrected chi connectivity index (χ4v) is 1.49. The minimum Gasteiger partial charge on any atom is -0.487 e. The number of carbonyl (C=O) groups is 1. The minimum atomic E-state index is -0.581. The van der Waals surface area contributed by atoms with Crippen molar-refractivity contribution >= 4 is 6.29 Å². The van der Waals surface area contributed by atoms with Crippen molar-refractivity contribution in [1.82, 2.24) is 4.98 Å². The molecule has 2 aromatic rings. The molecule has 4 nitrogen and oxygen atoms in total. The van der Waals surface area contributed by atoms with Gasteiger partial charge in [-0.1, -0.05) is 12.1 Å². The first-order valence-electron chi connectivity index (χ1n) is 5.46. The highest BCUT2D eigenvalue weighted by atomic mass is 19.1. The number of aromatic nitrogens is 1. The van der Waals surface area contributed by atoms with Crippen molar-refractivity contribution in [2.75, 3.05) is 0 Å². The first-order chi connectivity index (χ1) is 9.24. The maximum absolute atomic E-state index is 13.7. The molecule has 0 unspecified atom stereocenters. The summed E-state index contributed by atoms with van der Waals surface area (Å²) in [6, 6.07) is 9.38. The van der Waals surface area contributed by atoms with Crippen molar-refractivity contribution in [1.29, 1.82) is 5.26 Å². The van der Waals surface area contributed by atoms with Crippen LogP contribution in [-0.4, -0.2) is 11.3 Å². The van der Waals surface area contributed by atoms with Crippen LogP contribution in [0.3, 0.4) is 0 Å². The highest BCUT2D eigenvalue weighted by Crippen LogP contribution is 2.16.